The topological polar surface area (TPSA) is 18.5 Å². The van der Waals surface area contributed by atoms with Crippen LogP contribution in [-0.2, 0) is 9.47 Å². The minimum atomic E-state index is -1.52. The van der Waals surface area contributed by atoms with E-state index in [1.54, 1.807) is 0 Å². The summed E-state index contributed by atoms with van der Waals surface area (Å²) in [5.74, 6) is 3.87. The Kier molecular flexibility index (Phi) is 11.0. The largest absolute Gasteiger partial charge is 0.349 e. The zero-order valence-electron chi connectivity index (χ0n) is 19.6. The normalized spacial score (nSPS) is 34.7. The molecule has 0 radical (unpaired) electrons. The van der Waals surface area contributed by atoms with Crippen molar-refractivity contribution >= 4 is 0 Å². The van der Waals surface area contributed by atoms with Crippen molar-refractivity contribution in [2.24, 2.45) is 29.6 Å². The third-order valence-electron chi connectivity index (χ3n) is 8.17. The van der Waals surface area contributed by atoms with E-state index in [1.165, 1.54) is 77.0 Å². The molecule has 0 bridgehead atoms. The Balaban J connectivity index is 1.20. The number of ether oxygens (including phenoxy) is 2. The van der Waals surface area contributed by atoms with Crippen LogP contribution in [0, 0.1) is 29.6 Å². The molecule has 0 unspecified atom stereocenters. The van der Waals surface area contributed by atoms with Crippen LogP contribution in [0.3, 0.4) is 0 Å². The molecule has 1 saturated heterocycles. The van der Waals surface area contributed by atoms with Gasteiger partial charge in [-0.25, -0.2) is 0 Å². The van der Waals surface area contributed by atoms with Crippen molar-refractivity contribution in [3.05, 3.63) is 24.3 Å². The Labute approximate surface area is 188 Å². The summed E-state index contributed by atoms with van der Waals surface area (Å²) < 4.78 is 36.0. The van der Waals surface area contributed by atoms with Gasteiger partial charge in [0.1, 0.15) is 0 Å². The molecule has 0 aromatic heterocycles. The third-order valence-corrected chi connectivity index (χ3v) is 8.17. The first-order valence-corrected chi connectivity index (χ1v) is 13.0. The van der Waals surface area contributed by atoms with Crippen LogP contribution in [0.15, 0.2) is 24.3 Å². The zero-order valence-corrected chi connectivity index (χ0v) is 19.6. The van der Waals surface area contributed by atoms with Gasteiger partial charge in [0.15, 0.2) is 6.29 Å². The Morgan fingerprint density at radius 2 is 1.26 bits per heavy atom. The number of hydrogen-bond donors (Lipinski definition) is 0. The molecular formula is C27H44F2O2. The fraction of sp³-hybridized carbons (Fsp3) is 0.852. The highest BCUT2D eigenvalue weighted by Crippen LogP contribution is 2.38. The van der Waals surface area contributed by atoms with Crippen LogP contribution in [-0.4, -0.2) is 19.5 Å². The van der Waals surface area contributed by atoms with Gasteiger partial charge < -0.3 is 9.47 Å². The maximum absolute atomic E-state index is 12.1. The fourth-order valence-electron chi connectivity index (χ4n) is 6.12. The van der Waals surface area contributed by atoms with Crippen LogP contribution in [0.4, 0.5) is 8.78 Å². The van der Waals surface area contributed by atoms with E-state index in [0.29, 0.717) is 18.3 Å². The molecule has 31 heavy (non-hydrogen) atoms. The average Bonchev–Trinajstić information content (AvgIpc) is 2.79. The first-order valence-electron chi connectivity index (χ1n) is 13.0. The highest BCUT2D eigenvalue weighted by molar-refractivity contribution is 4.86. The second-order valence-electron chi connectivity index (χ2n) is 10.3. The fourth-order valence-corrected chi connectivity index (χ4v) is 6.12. The molecule has 0 aromatic rings. The van der Waals surface area contributed by atoms with Crippen LogP contribution >= 0.6 is 0 Å². The predicted octanol–water partition coefficient (Wildman–Crippen LogP) is 8.29. The van der Waals surface area contributed by atoms with Crippen LogP contribution in [0.25, 0.3) is 0 Å². The van der Waals surface area contributed by atoms with Crippen molar-refractivity contribution in [1.29, 1.82) is 0 Å². The predicted molar refractivity (Wildman–Crippen MR) is 123 cm³/mol. The van der Waals surface area contributed by atoms with Crippen molar-refractivity contribution in [3.63, 3.8) is 0 Å². The molecule has 3 rings (SSSR count). The first-order chi connectivity index (χ1) is 15.1. The molecule has 1 heterocycles. The van der Waals surface area contributed by atoms with Gasteiger partial charge in [0.25, 0.3) is 6.08 Å². The minimum absolute atomic E-state index is 0.129. The molecule has 2 aliphatic carbocycles. The molecule has 4 heteroatoms. The van der Waals surface area contributed by atoms with Crippen molar-refractivity contribution in [3.8, 4) is 0 Å². The minimum Gasteiger partial charge on any atom is -0.349 e. The van der Waals surface area contributed by atoms with Gasteiger partial charge in [-0.1, -0.05) is 70.3 Å². The number of hydrogen-bond acceptors (Lipinski definition) is 2. The van der Waals surface area contributed by atoms with Gasteiger partial charge >= 0.3 is 0 Å². The van der Waals surface area contributed by atoms with E-state index in [-0.39, 0.29) is 6.29 Å². The standard InChI is InChI=1S/C27H44F2O2/c1-2-6-27-30-19-25(20-31-27)24-17-15-22(16-18-24)8-4-3-7-21-11-13-23(14-12-21)9-5-10-26(28)29/h2,6,10,21-25,27H,3-5,7-9,11-20H2,1H3/b6-2+. The second-order valence-corrected chi connectivity index (χ2v) is 10.3. The summed E-state index contributed by atoms with van der Waals surface area (Å²) in [4.78, 5) is 0. The van der Waals surface area contributed by atoms with E-state index >= 15 is 0 Å². The number of halogens is 2. The summed E-state index contributed by atoms with van der Waals surface area (Å²) in [6.45, 7) is 3.72. The Hall–Kier alpha value is -0.740. The van der Waals surface area contributed by atoms with E-state index in [9.17, 15) is 8.78 Å². The summed E-state index contributed by atoms with van der Waals surface area (Å²) in [5.41, 5.74) is 0. The van der Waals surface area contributed by atoms with E-state index < -0.39 is 6.08 Å². The van der Waals surface area contributed by atoms with E-state index in [2.05, 4.69) is 0 Å². The zero-order chi connectivity index (χ0) is 21.9. The number of allylic oxidation sites excluding steroid dienone is 2. The molecule has 2 nitrogen and oxygen atoms in total. The Morgan fingerprint density at radius 1 is 0.742 bits per heavy atom. The Morgan fingerprint density at radius 3 is 1.77 bits per heavy atom. The second kappa shape index (κ2) is 13.7. The van der Waals surface area contributed by atoms with Crippen molar-refractivity contribution in [2.75, 3.05) is 13.2 Å². The molecule has 0 atom stereocenters. The number of unbranched alkanes of at least 4 members (excludes halogenated alkanes) is 1. The van der Waals surface area contributed by atoms with Crippen molar-refractivity contribution < 1.29 is 18.3 Å². The maximum atomic E-state index is 12.1. The molecule has 0 aromatic carbocycles. The molecule has 178 valence electrons. The monoisotopic (exact) mass is 438 g/mol. The van der Waals surface area contributed by atoms with Crippen molar-refractivity contribution in [2.45, 2.75) is 103 Å². The highest BCUT2D eigenvalue weighted by Gasteiger charge is 2.31. The lowest BCUT2D eigenvalue weighted by atomic mass is 9.74. The van der Waals surface area contributed by atoms with Gasteiger partial charge in [-0.3, -0.25) is 0 Å². The number of rotatable bonds is 10. The summed E-state index contributed by atoms with van der Waals surface area (Å²) in [6.07, 6.45) is 21.1. The average molecular weight is 439 g/mol. The SMILES string of the molecule is C/C=C/C1OCC(C2CCC(CCCCC3CCC(CCC=C(F)F)CC3)CC2)CO1. The van der Waals surface area contributed by atoms with Crippen LogP contribution in [0.2, 0.25) is 0 Å². The highest BCUT2D eigenvalue weighted by atomic mass is 19.3. The lowest BCUT2D eigenvalue weighted by Crippen LogP contribution is -2.36. The molecule has 0 N–H and O–H groups in total. The molecule has 1 aliphatic heterocycles. The summed E-state index contributed by atoms with van der Waals surface area (Å²) in [5, 5.41) is 0. The quantitative estimate of drug-likeness (QED) is 0.252. The van der Waals surface area contributed by atoms with E-state index in [4.69, 9.17) is 9.47 Å². The summed E-state index contributed by atoms with van der Waals surface area (Å²) in [6, 6.07) is 0. The molecule has 3 aliphatic rings. The smallest absolute Gasteiger partial charge is 0.266 e. The van der Waals surface area contributed by atoms with Gasteiger partial charge in [0.2, 0.25) is 0 Å². The summed E-state index contributed by atoms with van der Waals surface area (Å²) >= 11 is 0. The third kappa shape index (κ3) is 8.96. The summed E-state index contributed by atoms with van der Waals surface area (Å²) in [7, 11) is 0. The molecule has 2 saturated carbocycles. The van der Waals surface area contributed by atoms with Gasteiger partial charge in [-0.2, -0.15) is 8.78 Å². The van der Waals surface area contributed by atoms with Crippen LogP contribution < -0.4 is 0 Å². The Bertz CT molecular complexity index is 533. The molecule has 0 amide bonds. The first kappa shape index (κ1) is 24.9. The van der Waals surface area contributed by atoms with Crippen LogP contribution in [0.1, 0.15) is 96.8 Å². The van der Waals surface area contributed by atoms with E-state index in [1.807, 2.05) is 19.1 Å². The van der Waals surface area contributed by atoms with Crippen LogP contribution in [0.5, 0.6) is 0 Å². The molecule has 0 spiro atoms. The van der Waals surface area contributed by atoms with Crippen molar-refractivity contribution in [1.82, 2.24) is 0 Å². The van der Waals surface area contributed by atoms with Gasteiger partial charge in [-0.15, -0.1) is 0 Å². The lowest BCUT2D eigenvalue weighted by molar-refractivity contribution is -0.185. The van der Waals surface area contributed by atoms with E-state index in [0.717, 1.165) is 43.5 Å². The van der Waals surface area contributed by atoms with Gasteiger partial charge in [0.05, 0.1) is 13.2 Å². The van der Waals surface area contributed by atoms with Gasteiger partial charge in [0, 0.05) is 5.92 Å². The lowest BCUT2D eigenvalue weighted by Gasteiger charge is -2.37. The maximum Gasteiger partial charge on any atom is 0.266 e. The molecular weight excluding hydrogens is 394 g/mol. The van der Waals surface area contributed by atoms with Gasteiger partial charge in [-0.05, 0) is 68.4 Å². The molecule has 3 fully saturated rings.